The van der Waals surface area contributed by atoms with Crippen molar-refractivity contribution in [1.29, 1.82) is 0 Å². The van der Waals surface area contributed by atoms with Crippen LogP contribution >= 0.6 is 11.6 Å². The predicted octanol–water partition coefficient (Wildman–Crippen LogP) is 3.51. The molecule has 0 amide bonds. The van der Waals surface area contributed by atoms with Gasteiger partial charge in [-0.15, -0.1) is 0 Å². The van der Waals surface area contributed by atoms with E-state index in [9.17, 15) is 14.9 Å². The standard InChI is InChI=1S/C13H12ClNO4/c14-11-8-10(6-7-12(11)15(17)18)19-13(16)9-4-2-1-3-5-9/h1-2,6-9H,3-5H2. The highest BCUT2D eigenvalue weighted by molar-refractivity contribution is 6.32. The molecule has 19 heavy (non-hydrogen) atoms. The van der Waals surface area contributed by atoms with Gasteiger partial charge in [0.15, 0.2) is 0 Å². The molecular weight excluding hydrogens is 270 g/mol. The van der Waals surface area contributed by atoms with Gasteiger partial charge in [0, 0.05) is 12.1 Å². The van der Waals surface area contributed by atoms with E-state index in [-0.39, 0.29) is 28.3 Å². The fourth-order valence-corrected chi connectivity index (χ4v) is 2.15. The number of hydrogen-bond donors (Lipinski definition) is 0. The second kappa shape index (κ2) is 5.84. The van der Waals surface area contributed by atoms with E-state index >= 15 is 0 Å². The molecule has 0 fully saturated rings. The molecule has 0 saturated carbocycles. The van der Waals surface area contributed by atoms with E-state index in [4.69, 9.17) is 16.3 Å². The van der Waals surface area contributed by atoms with Crippen LogP contribution in [0.25, 0.3) is 0 Å². The van der Waals surface area contributed by atoms with Crippen LogP contribution in [-0.2, 0) is 4.79 Å². The number of nitro benzene ring substituents is 1. The van der Waals surface area contributed by atoms with Gasteiger partial charge < -0.3 is 4.74 Å². The van der Waals surface area contributed by atoms with Gasteiger partial charge in [0.1, 0.15) is 10.8 Å². The molecule has 6 heteroatoms. The first-order valence-electron chi connectivity index (χ1n) is 5.88. The van der Waals surface area contributed by atoms with Gasteiger partial charge in [-0.2, -0.15) is 0 Å². The minimum Gasteiger partial charge on any atom is -0.426 e. The Bertz CT molecular complexity index is 541. The largest absolute Gasteiger partial charge is 0.426 e. The number of hydrogen-bond acceptors (Lipinski definition) is 4. The summed E-state index contributed by atoms with van der Waals surface area (Å²) in [4.78, 5) is 21.9. The summed E-state index contributed by atoms with van der Waals surface area (Å²) >= 11 is 5.75. The van der Waals surface area contributed by atoms with E-state index in [0.717, 1.165) is 12.8 Å². The van der Waals surface area contributed by atoms with Crippen molar-refractivity contribution in [1.82, 2.24) is 0 Å². The Kier molecular flexibility index (Phi) is 4.16. The summed E-state index contributed by atoms with van der Waals surface area (Å²) in [7, 11) is 0. The number of nitro groups is 1. The molecule has 1 aliphatic rings. The van der Waals surface area contributed by atoms with E-state index in [1.54, 1.807) is 0 Å². The molecule has 1 unspecified atom stereocenters. The van der Waals surface area contributed by atoms with Gasteiger partial charge in [-0.05, 0) is 25.3 Å². The van der Waals surface area contributed by atoms with Crippen molar-refractivity contribution >= 4 is 23.3 Å². The van der Waals surface area contributed by atoms with Crippen molar-refractivity contribution in [3.63, 3.8) is 0 Å². The molecule has 0 N–H and O–H groups in total. The van der Waals surface area contributed by atoms with Gasteiger partial charge in [0.05, 0.1) is 10.8 Å². The molecule has 0 heterocycles. The molecule has 100 valence electrons. The Hall–Kier alpha value is -1.88. The molecule has 0 radical (unpaired) electrons. The van der Waals surface area contributed by atoms with E-state index < -0.39 is 4.92 Å². The lowest BCUT2D eigenvalue weighted by Crippen LogP contribution is -2.21. The zero-order valence-electron chi connectivity index (χ0n) is 10.0. The first kappa shape index (κ1) is 13.5. The first-order chi connectivity index (χ1) is 9.08. The number of rotatable bonds is 3. The zero-order chi connectivity index (χ0) is 13.8. The highest BCUT2D eigenvalue weighted by Gasteiger charge is 2.21. The van der Waals surface area contributed by atoms with Crippen molar-refractivity contribution in [3.8, 4) is 5.75 Å². The summed E-state index contributed by atoms with van der Waals surface area (Å²) in [6.45, 7) is 0. The number of esters is 1. The lowest BCUT2D eigenvalue weighted by Gasteiger charge is -2.16. The zero-order valence-corrected chi connectivity index (χ0v) is 10.8. The summed E-state index contributed by atoms with van der Waals surface area (Å²) in [5.74, 6) is -0.247. The molecule has 0 spiro atoms. The molecule has 1 aromatic carbocycles. The van der Waals surface area contributed by atoms with Crippen molar-refractivity contribution in [2.75, 3.05) is 0 Å². The lowest BCUT2D eigenvalue weighted by molar-refractivity contribution is -0.384. The van der Waals surface area contributed by atoms with Crippen LogP contribution in [0.15, 0.2) is 30.4 Å². The number of ether oxygens (including phenoxy) is 1. The van der Waals surface area contributed by atoms with Gasteiger partial charge in [0.2, 0.25) is 0 Å². The molecule has 0 saturated heterocycles. The van der Waals surface area contributed by atoms with Crippen LogP contribution in [0.2, 0.25) is 5.02 Å². The maximum atomic E-state index is 11.9. The highest BCUT2D eigenvalue weighted by Crippen LogP contribution is 2.29. The predicted molar refractivity (Wildman–Crippen MR) is 70.2 cm³/mol. The molecule has 1 aliphatic carbocycles. The van der Waals surface area contributed by atoms with Gasteiger partial charge in [0.25, 0.3) is 5.69 Å². The molecule has 5 nitrogen and oxygen atoms in total. The van der Waals surface area contributed by atoms with Crippen LogP contribution < -0.4 is 4.74 Å². The SMILES string of the molecule is O=C(Oc1ccc([N+](=O)[O-])c(Cl)c1)C1CC=CCC1. The van der Waals surface area contributed by atoms with Crippen LogP contribution in [-0.4, -0.2) is 10.9 Å². The van der Waals surface area contributed by atoms with Crippen LogP contribution in [0.4, 0.5) is 5.69 Å². The summed E-state index contributed by atoms with van der Waals surface area (Å²) in [6.07, 6.45) is 6.28. The Morgan fingerprint density at radius 2 is 2.21 bits per heavy atom. The summed E-state index contributed by atoms with van der Waals surface area (Å²) in [5.41, 5.74) is -0.206. The number of carbonyl (C=O) groups is 1. The smallest absolute Gasteiger partial charge is 0.314 e. The third-order valence-corrected chi connectivity index (χ3v) is 3.24. The van der Waals surface area contributed by atoms with E-state index in [1.165, 1.54) is 18.2 Å². The molecule has 1 aromatic rings. The number of halogens is 1. The third-order valence-electron chi connectivity index (χ3n) is 2.94. The number of allylic oxidation sites excluding steroid dienone is 2. The maximum absolute atomic E-state index is 11.9. The van der Waals surface area contributed by atoms with Gasteiger partial charge >= 0.3 is 5.97 Å². The normalized spacial score (nSPS) is 18.1. The van der Waals surface area contributed by atoms with E-state index in [0.29, 0.717) is 6.42 Å². The Morgan fingerprint density at radius 1 is 1.42 bits per heavy atom. The molecule has 2 rings (SSSR count). The summed E-state index contributed by atoms with van der Waals surface area (Å²) < 4.78 is 5.19. The average Bonchev–Trinajstić information content (AvgIpc) is 2.39. The van der Waals surface area contributed by atoms with Crippen LogP contribution in [0.1, 0.15) is 19.3 Å². The second-order valence-electron chi connectivity index (χ2n) is 4.27. The molecule has 0 bridgehead atoms. The van der Waals surface area contributed by atoms with Crippen LogP contribution in [0, 0.1) is 16.0 Å². The van der Waals surface area contributed by atoms with Crippen molar-refractivity contribution in [2.45, 2.75) is 19.3 Å². The fourth-order valence-electron chi connectivity index (χ4n) is 1.91. The maximum Gasteiger partial charge on any atom is 0.314 e. The number of benzene rings is 1. The summed E-state index contributed by atoms with van der Waals surface area (Å²) in [6, 6.07) is 3.89. The van der Waals surface area contributed by atoms with Crippen molar-refractivity contribution in [2.24, 2.45) is 5.92 Å². The lowest BCUT2D eigenvalue weighted by atomic mass is 9.95. The summed E-state index contributed by atoms with van der Waals surface area (Å²) in [5, 5.41) is 10.6. The Balaban J connectivity index is 2.07. The second-order valence-corrected chi connectivity index (χ2v) is 4.68. The van der Waals surface area contributed by atoms with Crippen molar-refractivity contribution in [3.05, 3.63) is 45.5 Å². The third kappa shape index (κ3) is 3.32. The minimum atomic E-state index is -0.583. The van der Waals surface area contributed by atoms with Gasteiger partial charge in [-0.3, -0.25) is 14.9 Å². The van der Waals surface area contributed by atoms with Crippen molar-refractivity contribution < 1.29 is 14.5 Å². The molecular formula is C13H12ClNO4. The topological polar surface area (TPSA) is 69.4 Å². The molecule has 0 aliphatic heterocycles. The quantitative estimate of drug-likeness (QED) is 0.279. The van der Waals surface area contributed by atoms with Crippen LogP contribution in [0.5, 0.6) is 5.75 Å². The van der Waals surface area contributed by atoms with Gasteiger partial charge in [-0.1, -0.05) is 23.8 Å². The molecule has 0 aromatic heterocycles. The van der Waals surface area contributed by atoms with E-state index in [1.807, 2.05) is 12.2 Å². The highest BCUT2D eigenvalue weighted by atomic mass is 35.5. The van der Waals surface area contributed by atoms with Gasteiger partial charge in [-0.25, -0.2) is 0 Å². The first-order valence-corrected chi connectivity index (χ1v) is 6.26. The monoisotopic (exact) mass is 281 g/mol. The number of carbonyl (C=O) groups excluding carboxylic acids is 1. The fraction of sp³-hybridized carbons (Fsp3) is 0.308. The van der Waals surface area contributed by atoms with Crippen LogP contribution in [0.3, 0.4) is 0 Å². The minimum absolute atomic E-state index is 0.0427. The van der Waals surface area contributed by atoms with E-state index in [2.05, 4.69) is 0 Å². The Morgan fingerprint density at radius 3 is 2.79 bits per heavy atom. The number of nitrogens with zero attached hydrogens (tertiary/aromatic N) is 1. The molecule has 1 atom stereocenters. The Labute approximate surface area is 115 Å². The average molecular weight is 282 g/mol.